The molecule has 0 fully saturated rings. The Bertz CT molecular complexity index is 1260. The molecule has 0 spiro atoms. The zero-order valence-electron chi connectivity index (χ0n) is 20.6. The summed E-state index contributed by atoms with van der Waals surface area (Å²) in [5.41, 5.74) is 3.29. The van der Waals surface area contributed by atoms with E-state index in [1.807, 2.05) is 45.0 Å². The van der Waals surface area contributed by atoms with Gasteiger partial charge < -0.3 is 4.74 Å². The number of carbonyl (C=O) groups excluding carboxylic acids is 1. The van der Waals surface area contributed by atoms with Crippen molar-refractivity contribution in [1.29, 1.82) is 0 Å². The molecule has 5 nitrogen and oxygen atoms in total. The van der Waals surface area contributed by atoms with Crippen LogP contribution in [0.25, 0.3) is 0 Å². The van der Waals surface area contributed by atoms with E-state index in [0.717, 1.165) is 44.7 Å². The lowest BCUT2D eigenvalue weighted by Gasteiger charge is -2.24. The highest BCUT2D eigenvalue weighted by atomic mass is 79.9. The number of hydrogen-bond acceptors (Lipinski definition) is 4. The largest absolute Gasteiger partial charge is 0.483 e. The van der Waals surface area contributed by atoms with E-state index in [2.05, 4.69) is 22.9 Å². The van der Waals surface area contributed by atoms with Gasteiger partial charge in [-0.1, -0.05) is 73.5 Å². The maximum Gasteiger partial charge on any atom is 0.278 e. The van der Waals surface area contributed by atoms with Crippen molar-refractivity contribution in [3.8, 4) is 5.75 Å². The van der Waals surface area contributed by atoms with Crippen molar-refractivity contribution >= 4 is 37.5 Å². The van der Waals surface area contributed by atoms with Gasteiger partial charge in [-0.2, -0.15) is 4.31 Å². The fraction of sp³-hybridized carbons (Fsp3) is 0.321. The number of benzene rings is 3. The summed E-state index contributed by atoms with van der Waals surface area (Å²) in [5, 5.41) is 0. The molecule has 0 radical (unpaired) electrons. The zero-order valence-corrected chi connectivity index (χ0v) is 23.0. The summed E-state index contributed by atoms with van der Waals surface area (Å²) in [4.78, 5) is 13.5. The second-order valence-corrected chi connectivity index (χ2v) is 11.5. The molecule has 186 valence electrons. The predicted molar refractivity (Wildman–Crippen MR) is 145 cm³/mol. The lowest BCUT2D eigenvalue weighted by atomic mass is 10.0. The molecule has 0 saturated carbocycles. The maximum atomic E-state index is 13.6. The van der Waals surface area contributed by atoms with E-state index in [4.69, 9.17) is 4.74 Å². The van der Waals surface area contributed by atoms with E-state index in [-0.39, 0.29) is 10.8 Å². The minimum atomic E-state index is -4.13. The SMILES string of the molecule is CCCCc1ccc(N(C(=O)COc2cc(C)c(Br)cc2C(C)C)S(=O)(=O)c2ccccc2)cc1. The topological polar surface area (TPSA) is 63.7 Å². The second-order valence-electron chi connectivity index (χ2n) is 8.83. The van der Waals surface area contributed by atoms with Crippen LogP contribution in [0.3, 0.4) is 0 Å². The van der Waals surface area contributed by atoms with E-state index in [1.165, 1.54) is 12.1 Å². The molecule has 3 aromatic rings. The van der Waals surface area contributed by atoms with Gasteiger partial charge in [-0.05, 0) is 78.8 Å². The molecule has 1 amide bonds. The number of hydrogen-bond donors (Lipinski definition) is 0. The molecular formula is C28H32BrNO4S. The molecule has 3 rings (SSSR count). The van der Waals surface area contributed by atoms with Gasteiger partial charge in [0, 0.05) is 4.47 Å². The number of amides is 1. The van der Waals surface area contributed by atoms with Crippen molar-refractivity contribution in [2.75, 3.05) is 10.9 Å². The van der Waals surface area contributed by atoms with E-state index < -0.39 is 22.5 Å². The number of nitrogens with zero attached hydrogens (tertiary/aromatic N) is 1. The van der Waals surface area contributed by atoms with Gasteiger partial charge in [0.05, 0.1) is 10.6 Å². The average Bonchev–Trinajstić information content (AvgIpc) is 2.84. The standard InChI is InChI=1S/C28H32BrNO4S/c1-5-6-10-22-13-15-23(16-14-22)30(35(32,33)24-11-8-7-9-12-24)28(31)19-34-27-17-21(4)26(29)18-25(27)20(2)3/h7-9,11-18,20H,5-6,10,19H2,1-4H3. The van der Waals surface area contributed by atoms with Crippen LogP contribution in [0, 0.1) is 6.92 Å². The maximum absolute atomic E-state index is 13.6. The molecule has 35 heavy (non-hydrogen) atoms. The third-order valence-corrected chi connectivity index (χ3v) is 8.38. The Balaban J connectivity index is 1.95. The minimum Gasteiger partial charge on any atom is -0.483 e. The molecule has 0 aliphatic heterocycles. The molecule has 0 atom stereocenters. The lowest BCUT2D eigenvalue weighted by Crippen LogP contribution is -2.40. The number of ether oxygens (including phenoxy) is 1. The van der Waals surface area contributed by atoms with Crippen LogP contribution in [-0.4, -0.2) is 20.9 Å². The number of rotatable bonds is 10. The summed E-state index contributed by atoms with van der Waals surface area (Å²) in [6.45, 7) is 7.73. The highest BCUT2D eigenvalue weighted by Crippen LogP contribution is 2.33. The first-order valence-corrected chi connectivity index (χ1v) is 14.0. The quantitative estimate of drug-likeness (QED) is 0.268. The van der Waals surface area contributed by atoms with Crippen LogP contribution in [0.4, 0.5) is 5.69 Å². The number of unbranched alkanes of at least 4 members (excludes halogenated alkanes) is 1. The summed E-state index contributed by atoms with van der Waals surface area (Å²) in [7, 11) is -4.13. The Morgan fingerprint density at radius 2 is 1.69 bits per heavy atom. The highest BCUT2D eigenvalue weighted by molar-refractivity contribution is 9.10. The van der Waals surface area contributed by atoms with Gasteiger partial charge in [0.25, 0.3) is 15.9 Å². The molecule has 0 saturated heterocycles. The Hall–Kier alpha value is -2.64. The number of aryl methyl sites for hydroxylation is 2. The van der Waals surface area contributed by atoms with Gasteiger partial charge in [0.1, 0.15) is 5.75 Å². The summed E-state index contributed by atoms with van der Waals surface area (Å²) in [6.07, 6.45) is 3.02. The van der Waals surface area contributed by atoms with E-state index in [9.17, 15) is 13.2 Å². The van der Waals surface area contributed by atoms with Gasteiger partial charge >= 0.3 is 0 Å². The van der Waals surface area contributed by atoms with Crippen LogP contribution < -0.4 is 9.04 Å². The fourth-order valence-electron chi connectivity index (χ4n) is 3.74. The number of sulfonamides is 1. The Labute approximate surface area is 217 Å². The Morgan fingerprint density at radius 1 is 1.03 bits per heavy atom. The fourth-order valence-corrected chi connectivity index (χ4v) is 5.53. The Kier molecular flexibility index (Phi) is 9.14. The number of carbonyl (C=O) groups is 1. The predicted octanol–water partition coefficient (Wildman–Crippen LogP) is 7.02. The van der Waals surface area contributed by atoms with Crippen molar-refractivity contribution in [2.45, 2.75) is 57.8 Å². The molecule has 7 heteroatoms. The lowest BCUT2D eigenvalue weighted by molar-refractivity contribution is -0.119. The zero-order chi connectivity index (χ0) is 25.6. The molecule has 3 aromatic carbocycles. The normalized spacial score (nSPS) is 11.5. The van der Waals surface area contributed by atoms with Gasteiger partial charge in [0.15, 0.2) is 6.61 Å². The molecule has 0 unspecified atom stereocenters. The Morgan fingerprint density at radius 3 is 2.29 bits per heavy atom. The third kappa shape index (κ3) is 6.53. The van der Waals surface area contributed by atoms with Crippen LogP contribution in [-0.2, 0) is 21.2 Å². The van der Waals surface area contributed by atoms with Gasteiger partial charge in [-0.15, -0.1) is 0 Å². The smallest absolute Gasteiger partial charge is 0.278 e. The van der Waals surface area contributed by atoms with Crippen LogP contribution in [0.1, 0.15) is 56.2 Å². The van der Waals surface area contributed by atoms with Crippen molar-refractivity contribution in [2.24, 2.45) is 0 Å². The van der Waals surface area contributed by atoms with Crippen LogP contribution in [0.5, 0.6) is 5.75 Å². The first-order chi connectivity index (χ1) is 16.6. The van der Waals surface area contributed by atoms with E-state index >= 15 is 0 Å². The molecule has 0 N–H and O–H groups in total. The van der Waals surface area contributed by atoms with E-state index in [1.54, 1.807) is 30.3 Å². The molecule has 0 aliphatic rings. The van der Waals surface area contributed by atoms with Crippen molar-refractivity contribution in [3.05, 3.63) is 87.9 Å². The average molecular weight is 559 g/mol. The summed E-state index contributed by atoms with van der Waals surface area (Å²) >= 11 is 3.55. The van der Waals surface area contributed by atoms with Crippen molar-refractivity contribution in [1.82, 2.24) is 0 Å². The molecule has 0 aliphatic carbocycles. The highest BCUT2D eigenvalue weighted by Gasteiger charge is 2.31. The molecule has 0 heterocycles. The molecular weight excluding hydrogens is 526 g/mol. The number of anilines is 1. The first kappa shape index (κ1) is 27.0. The van der Waals surface area contributed by atoms with Crippen molar-refractivity contribution < 1.29 is 17.9 Å². The molecule has 0 aromatic heterocycles. The minimum absolute atomic E-state index is 0.0470. The van der Waals surface area contributed by atoms with Gasteiger partial charge in [-0.3, -0.25) is 4.79 Å². The number of halogens is 1. The van der Waals surface area contributed by atoms with E-state index in [0.29, 0.717) is 11.4 Å². The van der Waals surface area contributed by atoms with Gasteiger partial charge in [-0.25, -0.2) is 8.42 Å². The first-order valence-electron chi connectivity index (χ1n) is 11.8. The third-order valence-electron chi connectivity index (χ3n) is 5.76. The monoisotopic (exact) mass is 557 g/mol. The molecule has 0 bridgehead atoms. The summed E-state index contributed by atoms with van der Waals surface area (Å²) in [6, 6.07) is 19.0. The van der Waals surface area contributed by atoms with Crippen molar-refractivity contribution in [3.63, 3.8) is 0 Å². The second kappa shape index (κ2) is 11.9. The van der Waals surface area contributed by atoms with Gasteiger partial charge in [0.2, 0.25) is 0 Å². The summed E-state index contributed by atoms with van der Waals surface area (Å²) < 4.78 is 34.9. The summed E-state index contributed by atoms with van der Waals surface area (Å²) in [5.74, 6) is 0.0725. The van der Waals surface area contributed by atoms with Crippen LogP contribution >= 0.6 is 15.9 Å². The van der Waals surface area contributed by atoms with Crippen LogP contribution in [0.2, 0.25) is 0 Å². The van der Waals surface area contributed by atoms with Crippen LogP contribution in [0.15, 0.2) is 76.1 Å².